The largest absolute Gasteiger partial charge is 0.331 e. The van der Waals surface area contributed by atoms with Crippen LogP contribution in [0.1, 0.15) is 27.7 Å². The fourth-order valence-electron chi connectivity index (χ4n) is 0.900. The molecule has 0 unspecified atom stereocenters. The van der Waals surface area contributed by atoms with E-state index in [0.717, 1.165) is 0 Å². The average Bonchev–Trinajstić information content (AvgIpc) is 2.34. The molecule has 0 aromatic rings. The highest BCUT2D eigenvalue weighted by atomic mass is 16.1. The fraction of sp³-hybridized carbons (Fsp3) is 0.857. The highest BCUT2D eigenvalue weighted by Crippen LogP contribution is 1.87. The Kier molecular flexibility index (Phi) is 3.47. The Hall–Kier alpha value is -0.850. The van der Waals surface area contributed by atoms with Crippen molar-refractivity contribution >= 4 is 6.34 Å². The van der Waals surface area contributed by atoms with E-state index < -0.39 is 0 Å². The first-order valence-corrected chi connectivity index (χ1v) is 4.48. The molecule has 0 saturated carbocycles. The van der Waals surface area contributed by atoms with Gasteiger partial charge in [-0.15, -0.1) is 0 Å². The normalized spacial score (nSPS) is 17.5. The molecule has 0 aliphatic carbocycles. The standard InChI is InChI=1S/C7H18N6/c1-6(2)9-12-5-8-11-13(12)10-7(3)4/h6-11H,1-4H3. The summed E-state index contributed by atoms with van der Waals surface area (Å²) in [6.07, 6.45) is 2.87. The van der Waals surface area contributed by atoms with Gasteiger partial charge in [-0.1, -0.05) is 0 Å². The van der Waals surface area contributed by atoms with Crippen molar-refractivity contribution in [3.8, 4) is 0 Å². The third kappa shape index (κ3) is 3.17. The molecular weight excluding hydrogens is 168 g/mol. The van der Waals surface area contributed by atoms with E-state index >= 15 is 0 Å². The molecule has 0 atom stereocenters. The van der Waals surface area contributed by atoms with Crippen LogP contribution in [0.25, 0.3) is 0 Å². The molecule has 1 aliphatic rings. The van der Waals surface area contributed by atoms with Gasteiger partial charge in [0, 0.05) is 17.3 Å². The summed E-state index contributed by atoms with van der Waals surface area (Å²) in [5.41, 5.74) is 9.18. The monoisotopic (exact) mass is 186 g/mol. The molecule has 1 aliphatic heterocycles. The van der Waals surface area contributed by atoms with Crippen LogP contribution in [0, 0.1) is 0 Å². The lowest BCUT2D eigenvalue weighted by Crippen LogP contribution is -2.80. The number of hydrogen-bond donors (Lipinski definition) is 4. The van der Waals surface area contributed by atoms with E-state index in [9.17, 15) is 0 Å². The summed E-state index contributed by atoms with van der Waals surface area (Å²) < 4.78 is 0. The molecule has 13 heavy (non-hydrogen) atoms. The molecule has 0 saturated heterocycles. The SMILES string of the molecule is CC(C)NN1[C-]=[NH+]NN1NC(C)C. The maximum absolute atomic E-state index is 3.16. The first-order valence-electron chi connectivity index (χ1n) is 4.48. The molecule has 0 fully saturated rings. The van der Waals surface area contributed by atoms with Crippen molar-refractivity contribution in [2.75, 3.05) is 0 Å². The van der Waals surface area contributed by atoms with Crippen LogP contribution in [0.15, 0.2) is 0 Å². The zero-order valence-corrected chi connectivity index (χ0v) is 8.55. The third-order valence-electron chi connectivity index (χ3n) is 1.28. The topological polar surface area (TPSA) is 56.5 Å². The zero-order valence-electron chi connectivity index (χ0n) is 8.55. The summed E-state index contributed by atoms with van der Waals surface area (Å²) in [7, 11) is 0. The number of hydrazone groups is 1. The average molecular weight is 186 g/mol. The predicted octanol–water partition coefficient (Wildman–Crippen LogP) is -2.25. The summed E-state index contributed by atoms with van der Waals surface area (Å²) in [5.74, 6) is 0. The van der Waals surface area contributed by atoms with Crippen LogP contribution in [0.4, 0.5) is 0 Å². The van der Waals surface area contributed by atoms with Gasteiger partial charge < -0.3 is 5.10 Å². The Balaban J connectivity index is 2.38. The minimum absolute atomic E-state index is 0.352. The van der Waals surface area contributed by atoms with Crippen molar-refractivity contribution in [1.29, 1.82) is 0 Å². The van der Waals surface area contributed by atoms with Crippen LogP contribution < -0.4 is 21.5 Å². The number of rotatable bonds is 4. The molecule has 0 radical (unpaired) electrons. The first kappa shape index (κ1) is 10.2. The second-order valence-electron chi connectivity index (χ2n) is 3.54. The van der Waals surface area contributed by atoms with Crippen LogP contribution in [-0.4, -0.2) is 28.8 Å². The van der Waals surface area contributed by atoms with Gasteiger partial charge in [0.05, 0.1) is 0 Å². The van der Waals surface area contributed by atoms with E-state index in [4.69, 9.17) is 0 Å². The summed E-state index contributed by atoms with van der Waals surface area (Å²) in [4.78, 5) is 0. The molecule has 0 amide bonds. The van der Waals surface area contributed by atoms with Gasteiger partial charge in [-0.3, -0.25) is 0 Å². The van der Waals surface area contributed by atoms with Crippen molar-refractivity contribution in [2.24, 2.45) is 0 Å². The van der Waals surface area contributed by atoms with Gasteiger partial charge in [0.15, 0.2) is 0 Å². The third-order valence-corrected chi connectivity index (χ3v) is 1.28. The Morgan fingerprint density at radius 2 is 1.77 bits per heavy atom. The van der Waals surface area contributed by atoms with Crippen LogP contribution >= 0.6 is 0 Å². The number of hydrogen-bond acceptors (Lipinski definition) is 5. The van der Waals surface area contributed by atoms with Gasteiger partial charge in [0.2, 0.25) is 0 Å². The maximum atomic E-state index is 3.16. The summed E-state index contributed by atoms with van der Waals surface area (Å²) in [6, 6.07) is 0.705. The molecule has 6 heteroatoms. The lowest BCUT2D eigenvalue weighted by Gasteiger charge is -2.29. The molecule has 0 bridgehead atoms. The first-order chi connectivity index (χ1) is 6.09. The van der Waals surface area contributed by atoms with Crippen LogP contribution in [0.3, 0.4) is 0 Å². The Bertz CT molecular complexity index is 178. The van der Waals surface area contributed by atoms with Gasteiger partial charge in [-0.25, -0.2) is 5.12 Å². The fourth-order valence-corrected chi connectivity index (χ4v) is 0.900. The van der Waals surface area contributed by atoms with Crippen molar-refractivity contribution in [3.63, 3.8) is 0 Å². The molecule has 1 heterocycles. The quantitative estimate of drug-likeness (QED) is 0.374. The Labute approximate surface area is 78.8 Å². The molecule has 0 spiro atoms. The molecule has 6 nitrogen and oxygen atoms in total. The minimum atomic E-state index is 0.352. The number of nitrogens with zero attached hydrogens (tertiary/aromatic N) is 2. The van der Waals surface area contributed by atoms with Gasteiger partial charge in [-0.05, 0) is 34.0 Å². The van der Waals surface area contributed by atoms with Crippen LogP contribution in [0.5, 0.6) is 0 Å². The van der Waals surface area contributed by atoms with Crippen molar-refractivity contribution in [1.82, 2.24) is 26.7 Å². The van der Waals surface area contributed by atoms with E-state index in [0.29, 0.717) is 12.1 Å². The molecule has 1 rings (SSSR count). The lowest BCUT2D eigenvalue weighted by atomic mass is 10.4. The molecule has 0 aromatic heterocycles. The number of hydrazine groups is 5. The van der Waals surface area contributed by atoms with Crippen molar-refractivity contribution in [2.45, 2.75) is 39.8 Å². The van der Waals surface area contributed by atoms with E-state index in [1.54, 1.807) is 10.3 Å². The second-order valence-corrected chi connectivity index (χ2v) is 3.54. The molecular formula is C7H18N6. The predicted molar refractivity (Wildman–Crippen MR) is 49.3 cm³/mol. The van der Waals surface area contributed by atoms with Crippen molar-refractivity contribution < 1.29 is 5.10 Å². The highest BCUT2D eigenvalue weighted by Gasteiger charge is 2.17. The van der Waals surface area contributed by atoms with E-state index in [2.05, 4.69) is 55.5 Å². The smallest absolute Gasteiger partial charge is 0.0388 e. The second kappa shape index (κ2) is 4.40. The summed E-state index contributed by atoms with van der Waals surface area (Å²) in [6.45, 7) is 8.25. The maximum Gasteiger partial charge on any atom is 0.0388 e. The number of nitrogens with one attached hydrogen (secondary N) is 4. The molecule has 0 aromatic carbocycles. The highest BCUT2D eigenvalue weighted by molar-refractivity contribution is 5.46. The lowest BCUT2D eigenvalue weighted by molar-refractivity contribution is -0.550. The molecule has 4 N–H and O–H groups in total. The van der Waals surface area contributed by atoms with Gasteiger partial charge in [0.25, 0.3) is 0 Å². The van der Waals surface area contributed by atoms with Crippen molar-refractivity contribution in [3.05, 3.63) is 0 Å². The van der Waals surface area contributed by atoms with Gasteiger partial charge in [0.1, 0.15) is 0 Å². The van der Waals surface area contributed by atoms with E-state index in [1.165, 1.54) is 0 Å². The van der Waals surface area contributed by atoms with E-state index in [-0.39, 0.29) is 0 Å². The summed E-state index contributed by atoms with van der Waals surface area (Å²) in [5, 5.41) is 6.16. The Morgan fingerprint density at radius 1 is 1.15 bits per heavy atom. The van der Waals surface area contributed by atoms with E-state index in [1.807, 2.05) is 0 Å². The molecule has 76 valence electrons. The van der Waals surface area contributed by atoms with Crippen LogP contribution in [-0.2, 0) is 0 Å². The van der Waals surface area contributed by atoms with Gasteiger partial charge >= 0.3 is 0 Å². The van der Waals surface area contributed by atoms with Gasteiger partial charge in [-0.2, -0.15) is 16.4 Å². The zero-order chi connectivity index (χ0) is 9.84. The minimum Gasteiger partial charge on any atom is -0.331 e. The van der Waals surface area contributed by atoms with Crippen LogP contribution in [0.2, 0.25) is 0 Å². The summed E-state index contributed by atoms with van der Waals surface area (Å²) >= 11 is 0. The Morgan fingerprint density at radius 3 is 2.31 bits per heavy atom.